The van der Waals surface area contributed by atoms with E-state index in [-0.39, 0.29) is 11.3 Å². The van der Waals surface area contributed by atoms with Gasteiger partial charge in [0.2, 0.25) is 0 Å². The lowest BCUT2D eigenvalue weighted by Crippen LogP contribution is -2.31. The molecule has 126 valence electrons. The first-order valence-electron chi connectivity index (χ1n) is 7.04. The second-order valence-corrected chi connectivity index (χ2v) is 6.03. The van der Waals surface area contributed by atoms with Gasteiger partial charge in [0.25, 0.3) is 5.91 Å². The van der Waals surface area contributed by atoms with Crippen LogP contribution in [0.5, 0.6) is 5.75 Å². The first-order valence-corrected chi connectivity index (χ1v) is 7.80. The maximum absolute atomic E-state index is 12.3. The number of aryl methyl sites for hydroxylation is 1. The molecule has 2 N–H and O–H groups in total. The Hall–Kier alpha value is -2.24. The molecule has 0 aliphatic rings. The van der Waals surface area contributed by atoms with Crippen LogP contribution in [0.3, 0.4) is 0 Å². The summed E-state index contributed by atoms with van der Waals surface area (Å²) in [6.07, 6.45) is -0.842. The SMILES string of the molecule is Cc1cc(Cl)ccc1O[C@@H](C)C(=O)Nc1cc(Cl)ccc1C(=O)O. The number of aromatic carboxylic acids is 1. The Morgan fingerprint density at radius 2 is 1.75 bits per heavy atom. The molecule has 2 aromatic carbocycles. The van der Waals surface area contributed by atoms with Crippen molar-refractivity contribution in [2.45, 2.75) is 20.0 Å². The van der Waals surface area contributed by atoms with Crippen LogP contribution < -0.4 is 10.1 Å². The van der Waals surface area contributed by atoms with E-state index in [1.165, 1.54) is 18.2 Å². The molecule has 2 aromatic rings. The summed E-state index contributed by atoms with van der Waals surface area (Å²) in [6.45, 7) is 3.37. The predicted molar refractivity (Wildman–Crippen MR) is 93.3 cm³/mol. The van der Waals surface area contributed by atoms with Crippen molar-refractivity contribution in [1.29, 1.82) is 0 Å². The predicted octanol–water partition coefficient (Wildman–Crippen LogP) is 4.41. The summed E-state index contributed by atoms with van der Waals surface area (Å²) < 4.78 is 5.61. The fourth-order valence-corrected chi connectivity index (χ4v) is 2.43. The van der Waals surface area contributed by atoms with Gasteiger partial charge in [0.15, 0.2) is 6.10 Å². The number of nitrogens with one attached hydrogen (secondary N) is 1. The Bertz CT molecular complexity index is 792. The number of hydrogen-bond donors (Lipinski definition) is 2. The van der Waals surface area contributed by atoms with Crippen LogP contribution in [-0.4, -0.2) is 23.1 Å². The monoisotopic (exact) mass is 367 g/mol. The third-order valence-electron chi connectivity index (χ3n) is 3.28. The van der Waals surface area contributed by atoms with Crippen molar-refractivity contribution in [3.8, 4) is 5.75 Å². The van der Waals surface area contributed by atoms with E-state index < -0.39 is 18.0 Å². The van der Waals surface area contributed by atoms with Crippen LogP contribution in [-0.2, 0) is 4.79 Å². The van der Waals surface area contributed by atoms with Gasteiger partial charge in [-0.1, -0.05) is 23.2 Å². The molecule has 0 heterocycles. The molecule has 0 spiro atoms. The number of anilines is 1. The average Bonchev–Trinajstić information content (AvgIpc) is 2.49. The summed E-state index contributed by atoms with van der Waals surface area (Å²) in [5.74, 6) is -1.13. The number of ether oxygens (including phenoxy) is 1. The van der Waals surface area contributed by atoms with E-state index in [2.05, 4.69) is 5.32 Å². The minimum Gasteiger partial charge on any atom is -0.481 e. The van der Waals surface area contributed by atoms with Crippen LogP contribution in [0.1, 0.15) is 22.8 Å². The highest BCUT2D eigenvalue weighted by Gasteiger charge is 2.19. The van der Waals surface area contributed by atoms with E-state index in [0.717, 1.165) is 5.56 Å². The first kappa shape index (κ1) is 18.1. The fraction of sp³-hybridized carbons (Fsp3) is 0.176. The van der Waals surface area contributed by atoms with Crippen molar-refractivity contribution in [2.24, 2.45) is 0 Å². The standard InChI is InChI=1S/C17H15Cl2NO4/c1-9-7-11(18)4-6-15(9)24-10(2)16(21)20-14-8-12(19)3-5-13(14)17(22)23/h3-8,10H,1-2H3,(H,20,21)(H,22,23)/t10-/m0/s1. The maximum Gasteiger partial charge on any atom is 0.337 e. The van der Waals surface area contributed by atoms with E-state index in [1.54, 1.807) is 25.1 Å². The van der Waals surface area contributed by atoms with Gasteiger partial charge in [-0.2, -0.15) is 0 Å². The number of halogens is 2. The van der Waals surface area contributed by atoms with Gasteiger partial charge < -0.3 is 15.2 Å². The highest BCUT2D eigenvalue weighted by Crippen LogP contribution is 2.24. The van der Waals surface area contributed by atoms with Gasteiger partial charge in [-0.15, -0.1) is 0 Å². The quantitative estimate of drug-likeness (QED) is 0.820. The number of carboxylic acid groups (broad SMARTS) is 1. The number of hydrogen-bond acceptors (Lipinski definition) is 3. The van der Waals surface area contributed by atoms with Crippen LogP contribution in [0.4, 0.5) is 5.69 Å². The van der Waals surface area contributed by atoms with E-state index in [4.69, 9.17) is 33.0 Å². The molecule has 0 fully saturated rings. The summed E-state index contributed by atoms with van der Waals surface area (Å²) in [5.41, 5.74) is 0.849. The van der Waals surface area contributed by atoms with Crippen molar-refractivity contribution in [3.63, 3.8) is 0 Å². The molecule has 0 aromatic heterocycles. The minimum absolute atomic E-state index is 0.0531. The molecule has 0 saturated carbocycles. The molecule has 1 amide bonds. The maximum atomic E-state index is 12.3. The number of carbonyl (C=O) groups excluding carboxylic acids is 1. The Labute approximate surface area is 149 Å². The Kier molecular flexibility index (Phi) is 5.70. The van der Waals surface area contributed by atoms with Crippen molar-refractivity contribution >= 4 is 40.8 Å². The Morgan fingerprint density at radius 1 is 1.12 bits per heavy atom. The van der Waals surface area contributed by atoms with Crippen molar-refractivity contribution < 1.29 is 19.4 Å². The smallest absolute Gasteiger partial charge is 0.337 e. The minimum atomic E-state index is -1.16. The lowest BCUT2D eigenvalue weighted by molar-refractivity contribution is -0.122. The first-order chi connectivity index (χ1) is 11.3. The summed E-state index contributed by atoms with van der Waals surface area (Å²) in [5, 5.41) is 12.6. The van der Waals surface area contributed by atoms with Gasteiger partial charge in [-0.3, -0.25) is 4.79 Å². The topological polar surface area (TPSA) is 75.6 Å². The molecule has 0 unspecified atom stereocenters. The average molecular weight is 368 g/mol. The van der Waals surface area contributed by atoms with Crippen LogP contribution in [0, 0.1) is 6.92 Å². The molecule has 0 bridgehead atoms. The van der Waals surface area contributed by atoms with Crippen LogP contribution in [0.25, 0.3) is 0 Å². The molecule has 1 atom stereocenters. The molecular weight excluding hydrogens is 353 g/mol. The number of benzene rings is 2. The van der Waals surface area contributed by atoms with Gasteiger partial charge >= 0.3 is 5.97 Å². The number of amides is 1. The van der Waals surface area contributed by atoms with Crippen molar-refractivity contribution in [3.05, 3.63) is 57.6 Å². The van der Waals surface area contributed by atoms with Crippen LogP contribution in [0.2, 0.25) is 10.0 Å². The summed E-state index contributed by atoms with van der Waals surface area (Å²) in [7, 11) is 0. The zero-order chi connectivity index (χ0) is 17.9. The molecule has 2 rings (SSSR count). The molecular formula is C17H15Cl2NO4. The largest absolute Gasteiger partial charge is 0.481 e. The molecule has 24 heavy (non-hydrogen) atoms. The van der Waals surface area contributed by atoms with Crippen molar-refractivity contribution in [2.75, 3.05) is 5.32 Å². The zero-order valence-corrected chi connectivity index (χ0v) is 14.5. The third kappa shape index (κ3) is 4.40. The number of carboxylic acids is 1. The molecule has 0 aliphatic carbocycles. The second kappa shape index (κ2) is 7.55. The van der Waals surface area contributed by atoms with Gasteiger partial charge in [0.1, 0.15) is 5.75 Å². The van der Waals surface area contributed by atoms with Gasteiger partial charge in [-0.05, 0) is 55.8 Å². The van der Waals surface area contributed by atoms with Gasteiger partial charge in [-0.25, -0.2) is 4.79 Å². The van der Waals surface area contributed by atoms with E-state index in [0.29, 0.717) is 15.8 Å². The molecule has 0 radical (unpaired) electrons. The molecule has 0 aliphatic heterocycles. The molecule has 0 saturated heterocycles. The zero-order valence-electron chi connectivity index (χ0n) is 13.0. The summed E-state index contributed by atoms with van der Waals surface area (Å²) in [4.78, 5) is 23.5. The van der Waals surface area contributed by atoms with E-state index >= 15 is 0 Å². The summed E-state index contributed by atoms with van der Waals surface area (Å²) >= 11 is 11.7. The number of carbonyl (C=O) groups is 2. The lowest BCUT2D eigenvalue weighted by Gasteiger charge is -2.17. The fourth-order valence-electron chi connectivity index (χ4n) is 2.03. The van der Waals surface area contributed by atoms with Crippen molar-refractivity contribution in [1.82, 2.24) is 0 Å². The summed E-state index contributed by atoms with van der Waals surface area (Å²) in [6, 6.07) is 9.20. The highest BCUT2D eigenvalue weighted by atomic mass is 35.5. The highest BCUT2D eigenvalue weighted by molar-refractivity contribution is 6.31. The Morgan fingerprint density at radius 3 is 2.38 bits per heavy atom. The lowest BCUT2D eigenvalue weighted by atomic mass is 10.1. The Balaban J connectivity index is 2.14. The normalized spacial score (nSPS) is 11.7. The molecule has 7 heteroatoms. The van der Waals surface area contributed by atoms with Gasteiger partial charge in [0.05, 0.1) is 11.3 Å². The second-order valence-electron chi connectivity index (χ2n) is 5.15. The molecule has 5 nitrogen and oxygen atoms in total. The van der Waals surface area contributed by atoms with Crippen LogP contribution in [0.15, 0.2) is 36.4 Å². The number of rotatable bonds is 5. The van der Waals surface area contributed by atoms with E-state index in [9.17, 15) is 9.59 Å². The third-order valence-corrected chi connectivity index (χ3v) is 3.75. The van der Waals surface area contributed by atoms with E-state index in [1.807, 2.05) is 6.92 Å². The van der Waals surface area contributed by atoms with Crippen LogP contribution >= 0.6 is 23.2 Å². The van der Waals surface area contributed by atoms with Gasteiger partial charge in [0, 0.05) is 10.0 Å².